The van der Waals surface area contributed by atoms with Crippen LogP contribution >= 0.6 is 0 Å². The fourth-order valence-electron chi connectivity index (χ4n) is 2.18. The van der Waals surface area contributed by atoms with Gasteiger partial charge in [0.2, 0.25) is 0 Å². The fraction of sp³-hybridized carbons (Fsp3) is 0.400. The first-order valence-corrected chi connectivity index (χ1v) is 6.86. The molecular formula is C15H20N4O. The lowest BCUT2D eigenvalue weighted by atomic mass is 10.1. The van der Waals surface area contributed by atoms with E-state index in [2.05, 4.69) is 22.3 Å². The van der Waals surface area contributed by atoms with Crippen LogP contribution in [0.25, 0.3) is 11.3 Å². The van der Waals surface area contributed by atoms with Crippen molar-refractivity contribution in [3.8, 4) is 11.3 Å². The maximum Gasteiger partial charge on any atom is 0.255 e. The summed E-state index contributed by atoms with van der Waals surface area (Å²) in [6, 6.07) is 3.90. The third-order valence-corrected chi connectivity index (χ3v) is 3.11. The Kier molecular flexibility index (Phi) is 4.50. The highest BCUT2D eigenvalue weighted by atomic mass is 16.1. The Labute approximate surface area is 119 Å². The van der Waals surface area contributed by atoms with Crippen LogP contribution in [0.3, 0.4) is 0 Å². The number of rotatable bonds is 5. The van der Waals surface area contributed by atoms with Crippen molar-refractivity contribution >= 4 is 5.91 Å². The summed E-state index contributed by atoms with van der Waals surface area (Å²) in [4.78, 5) is 16.4. The van der Waals surface area contributed by atoms with Gasteiger partial charge in [-0.3, -0.25) is 14.5 Å². The van der Waals surface area contributed by atoms with E-state index < -0.39 is 0 Å². The molecule has 2 rings (SSSR count). The Morgan fingerprint density at radius 3 is 2.95 bits per heavy atom. The summed E-state index contributed by atoms with van der Waals surface area (Å²) in [6.07, 6.45) is 7.18. The molecule has 1 amide bonds. The number of pyridine rings is 1. The number of hydrogen-bond acceptors (Lipinski definition) is 3. The lowest BCUT2D eigenvalue weighted by molar-refractivity contribution is 0.0939. The molecular weight excluding hydrogens is 252 g/mol. The maximum atomic E-state index is 12.4. The summed E-state index contributed by atoms with van der Waals surface area (Å²) in [5, 5.41) is 7.38. The molecule has 0 saturated heterocycles. The van der Waals surface area contributed by atoms with E-state index in [1.54, 1.807) is 23.3 Å². The molecule has 0 aliphatic heterocycles. The zero-order valence-electron chi connectivity index (χ0n) is 12.1. The SMILES string of the molecule is CCCC(C)NC(=O)c1cn(C)nc1-c1cccnc1. The molecule has 0 aliphatic carbocycles. The molecule has 0 bridgehead atoms. The van der Waals surface area contributed by atoms with Gasteiger partial charge in [0.25, 0.3) is 5.91 Å². The lowest BCUT2D eigenvalue weighted by Crippen LogP contribution is -2.32. The Morgan fingerprint density at radius 2 is 2.30 bits per heavy atom. The van der Waals surface area contributed by atoms with Crippen LogP contribution in [0, 0.1) is 0 Å². The molecule has 106 valence electrons. The maximum absolute atomic E-state index is 12.4. The molecule has 2 aromatic rings. The topological polar surface area (TPSA) is 59.8 Å². The van der Waals surface area contributed by atoms with Gasteiger partial charge in [-0.05, 0) is 25.5 Å². The summed E-state index contributed by atoms with van der Waals surface area (Å²) >= 11 is 0. The first-order chi connectivity index (χ1) is 9.61. The number of nitrogens with one attached hydrogen (secondary N) is 1. The predicted molar refractivity (Wildman–Crippen MR) is 78.3 cm³/mol. The Morgan fingerprint density at radius 1 is 1.50 bits per heavy atom. The highest BCUT2D eigenvalue weighted by molar-refractivity contribution is 5.99. The van der Waals surface area contributed by atoms with E-state index in [0.29, 0.717) is 11.3 Å². The summed E-state index contributed by atoms with van der Waals surface area (Å²) in [5.74, 6) is -0.0853. The lowest BCUT2D eigenvalue weighted by Gasteiger charge is -2.12. The van der Waals surface area contributed by atoms with Gasteiger partial charge in [-0.25, -0.2) is 0 Å². The van der Waals surface area contributed by atoms with E-state index in [0.717, 1.165) is 18.4 Å². The summed E-state index contributed by atoms with van der Waals surface area (Å²) in [6.45, 7) is 4.12. The van der Waals surface area contributed by atoms with E-state index in [-0.39, 0.29) is 11.9 Å². The Balaban J connectivity index is 2.26. The minimum absolute atomic E-state index is 0.0853. The van der Waals surface area contributed by atoms with Gasteiger partial charge >= 0.3 is 0 Å². The van der Waals surface area contributed by atoms with E-state index in [1.807, 2.05) is 26.1 Å². The van der Waals surface area contributed by atoms with Gasteiger partial charge in [-0.1, -0.05) is 13.3 Å². The monoisotopic (exact) mass is 272 g/mol. The Hall–Kier alpha value is -2.17. The summed E-state index contributed by atoms with van der Waals surface area (Å²) < 4.78 is 1.65. The van der Waals surface area contributed by atoms with Crippen LogP contribution in [0.1, 0.15) is 37.0 Å². The second kappa shape index (κ2) is 6.32. The molecule has 1 atom stereocenters. The van der Waals surface area contributed by atoms with Crippen molar-refractivity contribution in [1.29, 1.82) is 0 Å². The third kappa shape index (κ3) is 3.23. The van der Waals surface area contributed by atoms with Crippen LogP contribution < -0.4 is 5.32 Å². The Bertz CT molecular complexity index is 577. The van der Waals surface area contributed by atoms with Crippen LogP contribution in [-0.2, 0) is 7.05 Å². The highest BCUT2D eigenvalue weighted by Crippen LogP contribution is 2.20. The first kappa shape index (κ1) is 14.2. The average molecular weight is 272 g/mol. The predicted octanol–water partition coefficient (Wildman–Crippen LogP) is 2.40. The largest absolute Gasteiger partial charge is 0.349 e. The van der Waals surface area contributed by atoms with Gasteiger partial charge in [-0.2, -0.15) is 5.10 Å². The molecule has 2 aromatic heterocycles. The number of carbonyl (C=O) groups is 1. The number of carbonyl (C=O) groups excluding carboxylic acids is 1. The van der Waals surface area contributed by atoms with E-state index in [1.165, 1.54) is 0 Å². The smallest absolute Gasteiger partial charge is 0.255 e. The quantitative estimate of drug-likeness (QED) is 0.909. The van der Waals surface area contributed by atoms with Crippen molar-refractivity contribution in [2.75, 3.05) is 0 Å². The van der Waals surface area contributed by atoms with Crippen molar-refractivity contribution in [3.63, 3.8) is 0 Å². The van der Waals surface area contributed by atoms with Crippen LogP contribution in [0.15, 0.2) is 30.7 Å². The number of aromatic nitrogens is 3. The second-order valence-corrected chi connectivity index (χ2v) is 4.97. The van der Waals surface area contributed by atoms with Gasteiger partial charge < -0.3 is 5.32 Å². The number of aryl methyl sites for hydroxylation is 1. The molecule has 0 radical (unpaired) electrons. The highest BCUT2D eigenvalue weighted by Gasteiger charge is 2.18. The zero-order chi connectivity index (χ0) is 14.5. The van der Waals surface area contributed by atoms with Gasteiger partial charge in [0.15, 0.2) is 0 Å². The molecule has 0 aliphatic rings. The first-order valence-electron chi connectivity index (χ1n) is 6.86. The number of nitrogens with zero attached hydrogens (tertiary/aromatic N) is 3. The fourth-order valence-corrected chi connectivity index (χ4v) is 2.18. The van der Waals surface area contributed by atoms with Gasteiger partial charge in [-0.15, -0.1) is 0 Å². The molecule has 1 unspecified atom stereocenters. The number of hydrogen-bond donors (Lipinski definition) is 1. The summed E-state index contributed by atoms with van der Waals surface area (Å²) in [7, 11) is 1.81. The van der Waals surface area contributed by atoms with Crippen LogP contribution in [-0.4, -0.2) is 26.7 Å². The molecule has 2 heterocycles. The van der Waals surface area contributed by atoms with E-state index >= 15 is 0 Å². The standard InChI is InChI=1S/C15H20N4O/c1-4-6-11(2)17-15(20)13-10-19(3)18-14(13)12-7-5-8-16-9-12/h5,7-11H,4,6H2,1-3H3,(H,17,20). The molecule has 5 heteroatoms. The molecule has 1 N–H and O–H groups in total. The molecule has 0 saturated carbocycles. The molecule has 0 aromatic carbocycles. The normalized spacial score (nSPS) is 12.2. The average Bonchev–Trinajstić information content (AvgIpc) is 2.82. The molecule has 20 heavy (non-hydrogen) atoms. The molecule has 0 spiro atoms. The number of amides is 1. The van der Waals surface area contributed by atoms with Crippen LogP contribution in [0.2, 0.25) is 0 Å². The van der Waals surface area contributed by atoms with Crippen molar-refractivity contribution < 1.29 is 4.79 Å². The van der Waals surface area contributed by atoms with E-state index in [4.69, 9.17) is 0 Å². The summed E-state index contributed by atoms with van der Waals surface area (Å²) in [5.41, 5.74) is 2.10. The van der Waals surface area contributed by atoms with Gasteiger partial charge in [0.1, 0.15) is 5.69 Å². The van der Waals surface area contributed by atoms with Crippen LogP contribution in [0.4, 0.5) is 0 Å². The van der Waals surface area contributed by atoms with Crippen molar-refractivity contribution in [2.24, 2.45) is 7.05 Å². The van der Waals surface area contributed by atoms with Crippen molar-refractivity contribution in [2.45, 2.75) is 32.7 Å². The van der Waals surface area contributed by atoms with Crippen molar-refractivity contribution in [3.05, 3.63) is 36.3 Å². The van der Waals surface area contributed by atoms with Gasteiger partial charge in [0, 0.05) is 37.2 Å². The van der Waals surface area contributed by atoms with Crippen LogP contribution in [0.5, 0.6) is 0 Å². The minimum atomic E-state index is -0.0853. The van der Waals surface area contributed by atoms with Gasteiger partial charge in [0.05, 0.1) is 5.56 Å². The minimum Gasteiger partial charge on any atom is -0.349 e. The third-order valence-electron chi connectivity index (χ3n) is 3.11. The molecule has 5 nitrogen and oxygen atoms in total. The second-order valence-electron chi connectivity index (χ2n) is 4.97. The van der Waals surface area contributed by atoms with E-state index in [9.17, 15) is 4.79 Å². The molecule has 0 fully saturated rings. The zero-order valence-corrected chi connectivity index (χ0v) is 12.1. The van der Waals surface area contributed by atoms with Crippen molar-refractivity contribution in [1.82, 2.24) is 20.1 Å².